The Hall–Kier alpha value is -3.14. The van der Waals surface area contributed by atoms with Gasteiger partial charge in [-0.05, 0) is 23.6 Å². The minimum atomic E-state index is -0.125. The summed E-state index contributed by atoms with van der Waals surface area (Å²) in [5, 5.41) is 5.12. The van der Waals surface area contributed by atoms with E-state index in [9.17, 15) is 4.79 Å². The van der Waals surface area contributed by atoms with Gasteiger partial charge in [-0.25, -0.2) is 4.98 Å². The molecule has 0 spiro atoms. The molecule has 0 unspecified atom stereocenters. The van der Waals surface area contributed by atoms with Gasteiger partial charge in [0, 0.05) is 22.8 Å². The van der Waals surface area contributed by atoms with Gasteiger partial charge in [0.05, 0.1) is 18.0 Å². The number of pyridine rings is 1. The number of carbonyl (C=O) groups is 1. The number of nitrogens with zero attached hydrogens (tertiary/aromatic N) is 2. The second kappa shape index (κ2) is 5.00. The van der Waals surface area contributed by atoms with Gasteiger partial charge in [0.2, 0.25) is 0 Å². The van der Waals surface area contributed by atoms with Gasteiger partial charge >= 0.3 is 0 Å². The largest absolute Gasteiger partial charge is 0.321 e. The lowest BCUT2D eigenvalue weighted by molar-refractivity contribution is 0.102. The van der Waals surface area contributed by atoms with Crippen LogP contribution in [-0.4, -0.2) is 15.3 Å². The van der Waals surface area contributed by atoms with Gasteiger partial charge in [-0.15, -0.1) is 0 Å². The van der Waals surface area contributed by atoms with E-state index in [1.165, 1.54) is 0 Å². The maximum atomic E-state index is 12.5. The molecule has 1 amide bonds. The molecule has 22 heavy (non-hydrogen) atoms. The number of benzene rings is 2. The van der Waals surface area contributed by atoms with E-state index in [1.54, 1.807) is 18.6 Å². The van der Waals surface area contributed by atoms with Crippen molar-refractivity contribution in [2.45, 2.75) is 0 Å². The molecule has 0 atom stereocenters. The van der Waals surface area contributed by atoms with E-state index in [2.05, 4.69) is 10.3 Å². The van der Waals surface area contributed by atoms with Crippen LogP contribution in [0.4, 0.5) is 5.69 Å². The van der Waals surface area contributed by atoms with Gasteiger partial charge < -0.3 is 9.72 Å². The van der Waals surface area contributed by atoms with E-state index >= 15 is 0 Å². The highest BCUT2D eigenvalue weighted by Gasteiger charge is 2.09. The Morgan fingerprint density at radius 2 is 1.91 bits per heavy atom. The first kappa shape index (κ1) is 12.6. The molecule has 0 radical (unpaired) electrons. The highest BCUT2D eigenvalue weighted by molar-refractivity contribution is 6.09. The van der Waals surface area contributed by atoms with E-state index in [4.69, 9.17) is 0 Å². The number of nitrogens with one attached hydrogen (secondary N) is 1. The summed E-state index contributed by atoms with van der Waals surface area (Å²) in [4.78, 5) is 16.5. The molecule has 4 aromatic rings. The zero-order chi connectivity index (χ0) is 14.9. The van der Waals surface area contributed by atoms with Crippen molar-refractivity contribution >= 4 is 27.9 Å². The molecule has 0 aliphatic heterocycles. The van der Waals surface area contributed by atoms with Gasteiger partial charge in [-0.1, -0.05) is 36.4 Å². The Balaban J connectivity index is 1.71. The fraction of sp³-hybridized carbons (Fsp3) is 0. The van der Waals surface area contributed by atoms with Crippen LogP contribution in [0.25, 0.3) is 16.3 Å². The molecule has 1 N–H and O–H groups in total. The molecule has 0 aliphatic carbocycles. The Morgan fingerprint density at radius 1 is 1.05 bits per heavy atom. The van der Waals surface area contributed by atoms with Crippen LogP contribution in [0, 0.1) is 0 Å². The highest BCUT2D eigenvalue weighted by atomic mass is 16.1. The number of imidazole rings is 1. The van der Waals surface area contributed by atoms with E-state index in [0.717, 1.165) is 22.0 Å². The van der Waals surface area contributed by atoms with Crippen LogP contribution < -0.4 is 5.32 Å². The summed E-state index contributed by atoms with van der Waals surface area (Å²) in [5.74, 6) is -0.125. The fourth-order valence-electron chi connectivity index (χ4n) is 2.59. The second-order valence-electron chi connectivity index (χ2n) is 5.12. The monoisotopic (exact) mass is 287 g/mol. The number of carbonyl (C=O) groups excluding carboxylic acids is 1. The summed E-state index contributed by atoms with van der Waals surface area (Å²) in [5.41, 5.74) is 2.32. The van der Waals surface area contributed by atoms with Gasteiger partial charge in [0.25, 0.3) is 5.91 Å². The van der Waals surface area contributed by atoms with Gasteiger partial charge in [0.1, 0.15) is 0 Å². The van der Waals surface area contributed by atoms with Crippen molar-refractivity contribution < 1.29 is 4.79 Å². The molecule has 2 heterocycles. The van der Waals surface area contributed by atoms with Crippen LogP contribution in [-0.2, 0) is 0 Å². The number of anilines is 1. The normalized spacial score (nSPS) is 10.9. The van der Waals surface area contributed by atoms with Crippen LogP contribution in [0.5, 0.6) is 0 Å². The molecule has 0 saturated carbocycles. The topological polar surface area (TPSA) is 46.4 Å². The van der Waals surface area contributed by atoms with Crippen molar-refractivity contribution in [1.82, 2.24) is 9.38 Å². The average Bonchev–Trinajstić information content (AvgIpc) is 3.02. The smallest absolute Gasteiger partial charge is 0.255 e. The third-order valence-electron chi connectivity index (χ3n) is 3.71. The summed E-state index contributed by atoms with van der Waals surface area (Å²) in [6.45, 7) is 0. The molecule has 2 aromatic carbocycles. The van der Waals surface area contributed by atoms with Crippen LogP contribution in [0.15, 0.2) is 73.3 Å². The molecule has 4 nitrogen and oxygen atoms in total. The first-order valence-corrected chi connectivity index (χ1v) is 7.02. The quantitative estimate of drug-likeness (QED) is 0.610. The zero-order valence-corrected chi connectivity index (χ0v) is 11.7. The summed E-state index contributed by atoms with van der Waals surface area (Å²) in [7, 11) is 0. The standard InChI is InChI=1S/C18H13N3O/c22-18(14-8-9-21-12-19-11-15(21)10-14)20-17-7-3-5-13-4-1-2-6-16(13)17/h1-12H,(H,20,22). The molecule has 0 bridgehead atoms. The van der Waals surface area contributed by atoms with Crippen molar-refractivity contribution in [3.8, 4) is 0 Å². The lowest BCUT2D eigenvalue weighted by Gasteiger charge is -2.09. The second-order valence-corrected chi connectivity index (χ2v) is 5.12. The number of rotatable bonds is 2. The Bertz CT molecular complexity index is 982. The van der Waals surface area contributed by atoms with Crippen LogP contribution in [0.3, 0.4) is 0 Å². The molecule has 0 saturated heterocycles. The van der Waals surface area contributed by atoms with E-state index in [-0.39, 0.29) is 5.91 Å². The molecule has 4 rings (SSSR count). The lowest BCUT2D eigenvalue weighted by atomic mass is 10.1. The van der Waals surface area contributed by atoms with E-state index in [0.29, 0.717) is 5.56 Å². The third kappa shape index (κ3) is 2.11. The third-order valence-corrected chi connectivity index (χ3v) is 3.71. The van der Waals surface area contributed by atoms with Crippen molar-refractivity contribution in [2.75, 3.05) is 5.32 Å². The first-order chi connectivity index (χ1) is 10.8. The predicted octanol–water partition coefficient (Wildman–Crippen LogP) is 3.74. The van der Waals surface area contributed by atoms with Crippen LogP contribution in [0.1, 0.15) is 10.4 Å². The molecule has 106 valence electrons. The fourth-order valence-corrected chi connectivity index (χ4v) is 2.59. The summed E-state index contributed by atoms with van der Waals surface area (Å²) < 4.78 is 1.87. The number of hydrogen-bond acceptors (Lipinski definition) is 2. The molecule has 0 aliphatic rings. The summed E-state index contributed by atoms with van der Waals surface area (Å²) in [6, 6.07) is 17.5. The van der Waals surface area contributed by atoms with Crippen molar-refractivity contribution in [1.29, 1.82) is 0 Å². The zero-order valence-electron chi connectivity index (χ0n) is 11.7. The first-order valence-electron chi connectivity index (χ1n) is 7.02. The molecular weight excluding hydrogens is 274 g/mol. The maximum Gasteiger partial charge on any atom is 0.255 e. The van der Waals surface area contributed by atoms with Crippen molar-refractivity contribution in [2.24, 2.45) is 0 Å². The minimum absolute atomic E-state index is 0.125. The number of aromatic nitrogens is 2. The number of hydrogen-bond donors (Lipinski definition) is 1. The Kier molecular flexibility index (Phi) is 2.86. The van der Waals surface area contributed by atoms with Crippen LogP contribution in [0.2, 0.25) is 0 Å². The van der Waals surface area contributed by atoms with Crippen LogP contribution >= 0.6 is 0 Å². The highest BCUT2D eigenvalue weighted by Crippen LogP contribution is 2.23. The predicted molar refractivity (Wildman–Crippen MR) is 87.1 cm³/mol. The maximum absolute atomic E-state index is 12.5. The summed E-state index contributed by atoms with van der Waals surface area (Å²) >= 11 is 0. The minimum Gasteiger partial charge on any atom is -0.321 e. The number of amides is 1. The van der Waals surface area contributed by atoms with E-state index < -0.39 is 0 Å². The molecular formula is C18H13N3O. The van der Waals surface area contributed by atoms with Gasteiger partial charge in [-0.3, -0.25) is 4.79 Å². The summed E-state index contributed by atoms with van der Waals surface area (Å²) in [6.07, 6.45) is 5.27. The molecule has 0 fully saturated rings. The lowest BCUT2D eigenvalue weighted by Crippen LogP contribution is -2.12. The molecule has 2 aromatic heterocycles. The van der Waals surface area contributed by atoms with Gasteiger partial charge in [-0.2, -0.15) is 0 Å². The Labute approximate surface area is 127 Å². The average molecular weight is 287 g/mol. The number of fused-ring (bicyclic) bond motifs is 2. The molecule has 4 heteroatoms. The van der Waals surface area contributed by atoms with E-state index in [1.807, 2.05) is 59.1 Å². The Morgan fingerprint density at radius 3 is 2.86 bits per heavy atom. The van der Waals surface area contributed by atoms with Gasteiger partial charge in [0.15, 0.2) is 0 Å². The SMILES string of the molecule is O=C(Nc1cccc2ccccc12)c1ccn2cncc2c1. The van der Waals surface area contributed by atoms with Crippen molar-refractivity contribution in [3.63, 3.8) is 0 Å². The van der Waals surface area contributed by atoms with Crippen molar-refractivity contribution in [3.05, 3.63) is 78.9 Å².